The van der Waals surface area contributed by atoms with Crippen LogP contribution in [-0.4, -0.2) is 68.0 Å². The van der Waals surface area contributed by atoms with Gasteiger partial charge in [-0.15, -0.1) is 11.3 Å². The van der Waals surface area contributed by atoms with Crippen molar-refractivity contribution in [3.8, 4) is 11.3 Å². The summed E-state index contributed by atoms with van der Waals surface area (Å²) in [6, 6.07) is 7.88. The smallest absolute Gasteiger partial charge is 0.319 e. The molecule has 3 heterocycles. The van der Waals surface area contributed by atoms with Crippen molar-refractivity contribution in [3.05, 3.63) is 34.7 Å². The van der Waals surface area contributed by atoms with Gasteiger partial charge in [-0.1, -0.05) is 12.1 Å². The molecule has 156 valence electrons. The molecule has 2 aliphatic heterocycles. The summed E-state index contributed by atoms with van der Waals surface area (Å²) in [6.45, 7) is 7.47. The summed E-state index contributed by atoms with van der Waals surface area (Å²) in [4.78, 5) is 19.5. The zero-order valence-corrected chi connectivity index (χ0v) is 17.5. The first kappa shape index (κ1) is 20.3. The third kappa shape index (κ3) is 5.33. The lowest BCUT2D eigenvalue weighted by atomic mass is 9.97. The van der Waals surface area contributed by atoms with Crippen molar-refractivity contribution >= 4 is 23.1 Å². The van der Waals surface area contributed by atoms with Crippen molar-refractivity contribution in [2.45, 2.75) is 19.4 Å². The van der Waals surface area contributed by atoms with Crippen LogP contribution in [0.15, 0.2) is 29.6 Å². The molecule has 0 spiro atoms. The zero-order chi connectivity index (χ0) is 20.1. The van der Waals surface area contributed by atoms with Gasteiger partial charge in [-0.3, -0.25) is 4.90 Å². The summed E-state index contributed by atoms with van der Waals surface area (Å²) in [5.41, 5.74) is 2.70. The topological polar surface area (TPSA) is 75.7 Å². The lowest BCUT2D eigenvalue weighted by molar-refractivity contribution is 0.00222. The molecule has 2 amide bonds. The molecule has 29 heavy (non-hydrogen) atoms. The van der Waals surface area contributed by atoms with Crippen LogP contribution in [0.25, 0.3) is 11.3 Å². The number of ether oxygens (including phenoxy) is 2. The number of thiazole rings is 1. The number of carbonyl (C=O) groups excluding carboxylic acids is 1. The van der Waals surface area contributed by atoms with E-state index in [0.717, 1.165) is 67.9 Å². The van der Waals surface area contributed by atoms with Gasteiger partial charge in [-0.2, -0.15) is 0 Å². The maximum absolute atomic E-state index is 12.6. The predicted octanol–water partition coefficient (Wildman–Crippen LogP) is 2.98. The Labute approximate surface area is 175 Å². The van der Waals surface area contributed by atoms with Crippen LogP contribution in [0.2, 0.25) is 0 Å². The molecule has 2 aliphatic rings. The summed E-state index contributed by atoms with van der Waals surface area (Å²) in [6.07, 6.45) is 1.04. The number of amides is 2. The highest BCUT2D eigenvalue weighted by Crippen LogP contribution is 2.24. The van der Waals surface area contributed by atoms with Gasteiger partial charge in [-0.25, -0.2) is 9.78 Å². The fourth-order valence-corrected chi connectivity index (χ4v) is 4.61. The van der Waals surface area contributed by atoms with Gasteiger partial charge < -0.3 is 20.1 Å². The molecule has 0 bridgehead atoms. The average molecular weight is 417 g/mol. The molecule has 2 N–H and O–H groups in total. The highest BCUT2D eigenvalue weighted by molar-refractivity contribution is 7.09. The number of aryl methyl sites for hydroxylation is 1. The fraction of sp³-hybridized carbons (Fsp3) is 0.524. The molecule has 0 radical (unpaired) electrons. The molecule has 1 aromatic carbocycles. The second-order valence-electron chi connectivity index (χ2n) is 7.51. The van der Waals surface area contributed by atoms with Gasteiger partial charge in [0.05, 0.1) is 30.5 Å². The Morgan fingerprint density at radius 1 is 1.31 bits per heavy atom. The van der Waals surface area contributed by atoms with Gasteiger partial charge in [0, 0.05) is 54.8 Å². The van der Waals surface area contributed by atoms with Crippen molar-refractivity contribution in [1.29, 1.82) is 0 Å². The highest BCUT2D eigenvalue weighted by atomic mass is 32.1. The van der Waals surface area contributed by atoms with E-state index in [9.17, 15) is 4.79 Å². The van der Waals surface area contributed by atoms with Crippen LogP contribution in [0.3, 0.4) is 0 Å². The van der Waals surface area contributed by atoms with Gasteiger partial charge in [0.25, 0.3) is 0 Å². The van der Waals surface area contributed by atoms with E-state index in [1.165, 1.54) is 0 Å². The molecule has 8 heteroatoms. The summed E-state index contributed by atoms with van der Waals surface area (Å²) in [5, 5.41) is 9.09. The van der Waals surface area contributed by atoms with Crippen LogP contribution in [0, 0.1) is 12.8 Å². The Kier molecular flexibility index (Phi) is 6.76. The van der Waals surface area contributed by atoms with E-state index in [2.05, 4.69) is 20.5 Å². The quantitative estimate of drug-likeness (QED) is 0.757. The number of morpholine rings is 1. The van der Waals surface area contributed by atoms with Crippen molar-refractivity contribution in [1.82, 2.24) is 15.2 Å². The molecular formula is C21H28N4O3S. The zero-order valence-electron chi connectivity index (χ0n) is 16.7. The number of nitrogens with zero attached hydrogens (tertiary/aromatic N) is 2. The first-order chi connectivity index (χ1) is 14.2. The van der Waals surface area contributed by atoms with E-state index in [1.54, 1.807) is 11.3 Å². The van der Waals surface area contributed by atoms with Gasteiger partial charge >= 0.3 is 6.03 Å². The number of nitrogens with one attached hydrogen (secondary N) is 2. The first-order valence-corrected chi connectivity index (χ1v) is 11.0. The second kappa shape index (κ2) is 9.67. The molecule has 2 fully saturated rings. The SMILES string of the molecule is Cc1nc(-c2cccc(NC(=O)NC[C@@H]([C@@H]3CCOC3)N3CCOCC3)c2)cs1. The Morgan fingerprint density at radius 3 is 2.90 bits per heavy atom. The molecule has 2 atom stereocenters. The maximum atomic E-state index is 12.6. The molecule has 1 aromatic heterocycles. The number of benzene rings is 1. The number of anilines is 1. The van der Waals surface area contributed by atoms with E-state index in [4.69, 9.17) is 9.47 Å². The molecule has 0 saturated carbocycles. The number of hydrogen-bond acceptors (Lipinski definition) is 6. The number of carbonyl (C=O) groups is 1. The minimum absolute atomic E-state index is 0.186. The van der Waals surface area contributed by atoms with Crippen LogP contribution >= 0.6 is 11.3 Å². The number of hydrogen-bond donors (Lipinski definition) is 2. The van der Waals surface area contributed by atoms with Crippen molar-refractivity contribution < 1.29 is 14.3 Å². The largest absolute Gasteiger partial charge is 0.381 e. The number of aromatic nitrogens is 1. The van der Waals surface area contributed by atoms with Gasteiger partial charge in [0.1, 0.15) is 0 Å². The predicted molar refractivity (Wildman–Crippen MR) is 114 cm³/mol. The van der Waals surface area contributed by atoms with Crippen molar-refractivity contribution in [2.75, 3.05) is 51.4 Å². The third-order valence-electron chi connectivity index (χ3n) is 5.53. The summed E-state index contributed by atoms with van der Waals surface area (Å²) in [5.74, 6) is 0.449. The van der Waals surface area contributed by atoms with Crippen LogP contribution in [-0.2, 0) is 9.47 Å². The lowest BCUT2D eigenvalue weighted by Gasteiger charge is -2.37. The Bertz CT molecular complexity index is 816. The number of urea groups is 1. The van der Waals surface area contributed by atoms with E-state index in [-0.39, 0.29) is 12.1 Å². The number of rotatable bonds is 6. The first-order valence-electron chi connectivity index (χ1n) is 10.2. The van der Waals surface area contributed by atoms with Gasteiger partial charge in [0.2, 0.25) is 0 Å². The molecule has 2 saturated heterocycles. The highest BCUT2D eigenvalue weighted by Gasteiger charge is 2.31. The molecule has 0 aliphatic carbocycles. The normalized spacial score (nSPS) is 21.1. The lowest BCUT2D eigenvalue weighted by Crippen LogP contribution is -2.52. The monoisotopic (exact) mass is 416 g/mol. The standard InChI is InChI=1S/C21H28N4O3S/c1-15-23-19(14-29-15)16-3-2-4-18(11-16)24-21(26)22-12-20(17-5-8-28-13-17)25-6-9-27-10-7-25/h2-4,11,14,17,20H,5-10,12-13H2,1H3,(H2,22,24,26)/t17-,20+/m1/s1. The van der Waals surface area contributed by atoms with Crippen LogP contribution in [0.4, 0.5) is 10.5 Å². The molecule has 7 nitrogen and oxygen atoms in total. The second-order valence-corrected chi connectivity index (χ2v) is 8.57. The van der Waals surface area contributed by atoms with Crippen molar-refractivity contribution in [3.63, 3.8) is 0 Å². The summed E-state index contributed by atoms with van der Waals surface area (Å²) >= 11 is 1.62. The van der Waals surface area contributed by atoms with E-state index < -0.39 is 0 Å². The molecule has 4 rings (SSSR count). The molecule has 2 aromatic rings. The van der Waals surface area contributed by atoms with Crippen molar-refractivity contribution in [2.24, 2.45) is 5.92 Å². The Balaban J connectivity index is 1.35. The van der Waals surface area contributed by atoms with Crippen LogP contribution in [0.5, 0.6) is 0 Å². The summed E-state index contributed by atoms with van der Waals surface area (Å²) < 4.78 is 11.1. The van der Waals surface area contributed by atoms with Crippen LogP contribution in [0.1, 0.15) is 11.4 Å². The average Bonchev–Trinajstić information content (AvgIpc) is 3.41. The molecule has 0 unspecified atom stereocenters. The van der Waals surface area contributed by atoms with Gasteiger partial charge in [0.15, 0.2) is 0 Å². The Hall–Kier alpha value is -2.00. The van der Waals surface area contributed by atoms with E-state index in [0.29, 0.717) is 12.5 Å². The molecular weight excluding hydrogens is 388 g/mol. The van der Waals surface area contributed by atoms with Gasteiger partial charge in [-0.05, 0) is 25.5 Å². The summed E-state index contributed by atoms with van der Waals surface area (Å²) in [7, 11) is 0. The van der Waals surface area contributed by atoms with Crippen LogP contribution < -0.4 is 10.6 Å². The Morgan fingerprint density at radius 2 is 2.17 bits per heavy atom. The minimum Gasteiger partial charge on any atom is -0.381 e. The third-order valence-corrected chi connectivity index (χ3v) is 6.30. The van der Waals surface area contributed by atoms with E-state index >= 15 is 0 Å². The minimum atomic E-state index is -0.186. The fourth-order valence-electron chi connectivity index (χ4n) is 3.98. The maximum Gasteiger partial charge on any atom is 0.319 e. The van der Waals surface area contributed by atoms with E-state index in [1.807, 2.05) is 36.6 Å².